The minimum atomic E-state index is -0.0503. The number of nitrogens with zero attached hydrogens (tertiary/aromatic N) is 2. The van der Waals surface area contributed by atoms with Crippen molar-refractivity contribution in [3.63, 3.8) is 0 Å². The summed E-state index contributed by atoms with van der Waals surface area (Å²) in [5.41, 5.74) is 8.08. The fourth-order valence-electron chi connectivity index (χ4n) is 2.03. The zero-order valence-corrected chi connectivity index (χ0v) is 12.6. The minimum absolute atomic E-state index is 0.0503. The highest BCUT2D eigenvalue weighted by Crippen LogP contribution is 2.25. The summed E-state index contributed by atoms with van der Waals surface area (Å²) < 4.78 is 0. The molecule has 1 aromatic rings. The lowest BCUT2D eigenvalue weighted by molar-refractivity contribution is 0.0827. The van der Waals surface area contributed by atoms with Gasteiger partial charge in [-0.3, -0.25) is 4.79 Å². The highest BCUT2D eigenvalue weighted by atomic mass is 16.3. The molecule has 1 amide bonds. The molecule has 0 spiro atoms. The molecule has 112 valence electrons. The van der Waals surface area contributed by atoms with Gasteiger partial charge in [0.05, 0.1) is 18.0 Å². The topological polar surface area (TPSA) is 69.8 Å². The Morgan fingerprint density at radius 2 is 2.00 bits per heavy atom. The lowest BCUT2D eigenvalue weighted by atomic mass is 10.1. The number of anilines is 2. The molecule has 0 aliphatic carbocycles. The van der Waals surface area contributed by atoms with E-state index in [1.165, 1.54) is 4.90 Å². The van der Waals surface area contributed by atoms with Gasteiger partial charge in [-0.1, -0.05) is 13.3 Å². The third kappa shape index (κ3) is 4.13. The average Bonchev–Trinajstić information content (AvgIpc) is 2.43. The van der Waals surface area contributed by atoms with E-state index in [9.17, 15) is 9.90 Å². The number of unbranched alkanes of at least 4 members (excludes halogenated alkanes) is 1. The van der Waals surface area contributed by atoms with Crippen molar-refractivity contribution in [2.24, 2.45) is 0 Å². The van der Waals surface area contributed by atoms with Crippen LogP contribution in [0.1, 0.15) is 30.1 Å². The first-order valence-corrected chi connectivity index (χ1v) is 6.98. The Kier molecular flexibility index (Phi) is 6.31. The summed E-state index contributed by atoms with van der Waals surface area (Å²) in [5.74, 6) is -0.0503. The Labute approximate surface area is 121 Å². The molecule has 0 radical (unpaired) electrons. The molecular formula is C15H25N3O2. The first-order valence-electron chi connectivity index (χ1n) is 6.98. The van der Waals surface area contributed by atoms with Crippen LogP contribution >= 0.6 is 0 Å². The number of benzene rings is 1. The fourth-order valence-corrected chi connectivity index (χ4v) is 2.03. The average molecular weight is 279 g/mol. The summed E-state index contributed by atoms with van der Waals surface area (Å²) in [5, 5.41) is 9.20. The normalized spacial score (nSPS) is 10.4. The van der Waals surface area contributed by atoms with Crippen LogP contribution in [-0.2, 0) is 0 Å². The third-order valence-electron chi connectivity index (χ3n) is 3.18. The molecule has 0 heterocycles. The Morgan fingerprint density at radius 1 is 1.30 bits per heavy atom. The number of carbonyl (C=O) groups is 1. The Balaban J connectivity index is 3.06. The summed E-state index contributed by atoms with van der Waals surface area (Å²) in [6.07, 6.45) is 2.09. The maximum Gasteiger partial charge on any atom is 0.253 e. The summed E-state index contributed by atoms with van der Waals surface area (Å²) in [4.78, 5) is 15.6. The number of aliphatic hydroxyl groups is 1. The lowest BCUT2D eigenvalue weighted by Crippen LogP contribution is -2.29. The van der Waals surface area contributed by atoms with E-state index in [2.05, 4.69) is 6.92 Å². The Bertz CT molecular complexity index is 447. The zero-order valence-electron chi connectivity index (χ0n) is 12.6. The quantitative estimate of drug-likeness (QED) is 0.743. The predicted octanol–water partition coefficient (Wildman–Crippen LogP) is 1.57. The van der Waals surface area contributed by atoms with E-state index in [4.69, 9.17) is 5.73 Å². The number of nitrogens with two attached hydrogens (primary N) is 1. The first-order chi connectivity index (χ1) is 9.51. The highest BCUT2D eigenvalue weighted by Gasteiger charge is 2.14. The van der Waals surface area contributed by atoms with E-state index >= 15 is 0 Å². The summed E-state index contributed by atoms with van der Waals surface area (Å²) in [6, 6.07) is 5.30. The van der Waals surface area contributed by atoms with Crippen molar-refractivity contribution < 1.29 is 9.90 Å². The van der Waals surface area contributed by atoms with Crippen LogP contribution in [0.15, 0.2) is 18.2 Å². The van der Waals surface area contributed by atoms with Crippen LogP contribution in [0.25, 0.3) is 0 Å². The van der Waals surface area contributed by atoms with Gasteiger partial charge in [-0.2, -0.15) is 0 Å². The SMILES string of the molecule is CCCCN(CCO)c1cc(C(=O)N(C)C)ccc1N. The van der Waals surface area contributed by atoms with Crippen LogP contribution in [0.4, 0.5) is 11.4 Å². The van der Waals surface area contributed by atoms with Crippen molar-refractivity contribution in [2.45, 2.75) is 19.8 Å². The van der Waals surface area contributed by atoms with Crippen molar-refractivity contribution in [3.05, 3.63) is 23.8 Å². The molecule has 0 fully saturated rings. The molecule has 1 rings (SSSR count). The predicted molar refractivity (Wildman–Crippen MR) is 83.1 cm³/mol. The minimum Gasteiger partial charge on any atom is -0.397 e. The van der Waals surface area contributed by atoms with Gasteiger partial charge in [-0.05, 0) is 24.6 Å². The van der Waals surface area contributed by atoms with Crippen LogP contribution in [0.3, 0.4) is 0 Å². The second-order valence-corrected chi connectivity index (χ2v) is 5.04. The van der Waals surface area contributed by atoms with Crippen LogP contribution in [0.5, 0.6) is 0 Å². The molecule has 0 aromatic heterocycles. The zero-order chi connectivity index (χ0) is 15.1. The largest absolute Gasteiger partial charge is 0.397 e. The molecule has 0 unspecified atom stereocenters. The molecule has 5 heteroatoms. The summed E-state index contributed by atoms with van der Waals surface area (Å²) in [7, 11) is 3.45. The number of amides is 1. The number of nitrogen functional groups attached to an aromatic ring is 1. The van der Waals surface area contributed by atoms with E-state index in [1.54, 1.807) is 26.2 Å². The highest BCUT2D eigenvalue weighted by molar-refractivity contribution is 5.96. The van der Waals surface area contributed by atoms with E-state index in [0.717, 1.165) is 25.1 Å². The van der Waals surface area contributed by atoms with Gasteiger partial charge < -0.3 is 20.6 Å². The van der Waals surface area contributed by atoms with Crippen LogP contribution < -0.4 is 10.6 Å². The Morgan fingerprint density at radius 3 is 2.55 bits per heavy atom. The Hall–Kier alpha value is -1.75. The van der Waals surface area contributed by atoms with Gasteiger partial charge >= 0.3 is 0 Å². The van der Waals surface area contributed by atoms with E-state index in [1.807, 2.05) is 11.0 Å². The van der Waals surface area contributed by atoms with Gasteiger partial charge in [0.25, 0.3) is 5.91 Å². The molecule has 0 aliphatic rings. The monoisotopic (exact) mass is 279 g/mol. The van der Waals surface area contributed by atoms with Crippen LogP contribution in [-0.4, -0.2) is 49.7 Å². The van der Waals surface area contributed by atoms with E-state index in [-0.39, 0.29) is 12.5 Å². The maximum absolute atomic E-state index is 12.0. The second-order valence-electron chi connectivity index (χ2n) is 5.04. The smallest absolute Gasteiger partial charge is 0.253 e. The van der Waals surface area contributed by atoms with E-state index in [0.29, 0.717) is 17.8 Å². The molecule has 0 aliphatic heterocycles. The number of aliphatic hydroxyl groups excluding tert-OH is 1. The maximum atomic E-state index is 12.0. The van der Waals surface area contributed by atoms with Gasteiger partial charge in [0, 0.05) is 32.7 Å². The first kappa shape index (κ1) is 16.3. The van der Waals surface area contributed by atoms with Gasteiger partial charge in [-0.15, -0.1) is 0 Å². The van der Waals surface area contributed by atoms with Crippen molar-refractivity contribution in [1.29, 1.82) is 0 Å². The number of rotatable bonds is 7. The third-order valence-corrected chi connectivity index (χ3v) is 3.18. The molecule has 5 nitrogen and oxygen atoms in total. The van der Waals surface area contributed by atoms with E-state index < -0.39 is 0 Å². The van der Waals surface area contributed by atoms with Crippen molar-refractivity contribution in [3.8, 4) is 0 Å². The standard InChI is InChI=1S/C15H25N3O2/c1-4-5-8-18(9-10-19)14-11-12(6-7-13(14)16)15(20)17(2)3/h6-7,11,19H,4-5,8-10,16H2,1-3H3. The molecule has 0 saturated carbocycles. The number of carbonyl (C=O) groups excluding carboxylic acids is 1. The fraction of sp³-hybridized carbons (Fsp3) is 0.533. The molecule has 0 atom stereocenters. The molecule has 0 bridgehead atoms. The van der Waals surface area contributed by atoms with Crippen LogP contribution in [0, 0.1) is 0 Å². The van der Waals surface area contributed by atoms with Gasteiger partial charge in [0.15, 0.2) is 0 Å². The number of hydrogen-bond acceptors (Lipinski definition) is 4. The van der Waals surface area contributed by atoms with Gasteiger partial charge in [0.1, 0.15) is 0 Å². The molecule has 1 aromatic carbocycles. The molecule has 20 heavy (non-hydrogen) atoms. The number of hydrogen-bond donors (Lipinski definition) is 2. The summed E-state index contributed by atoms with van der Waals surface area (Å²) in [6.45, 7) is 3.52. The lowest BCUT2D eigenvalue weighted by Gasteiger charge is -2.26. The van der Waals surface area contributed by atoms with Crippen molar-refractivity contribution in [1.82, 2.24) is 4.90 Å². The second kappa shape index (κ2) is 7.75. The summed E-state index contributed by atoms with van der Waals surface area (Å²) >= 11 is 0. The van der Waals surface area contributed by atoms with Crippen molar-refractivity contribution in [2.75, 3.05) is 44.4 Å². The molecule has 3 N–H and O–H groups in total. The van der Waals surface area contributed by atoms with Crippen LogP contribution in [0.2, 0.25) is 0 Å². The molecular weight excluding hydrogens is 254 g/mol. The van der Waals surface area contributed by atoms with Gasteiger partial charge in [0.2, 0.25) is 0 Å². The molecule has 0 saturated heterocycles. The van der Waals surface area contributed by atoms with Crippen molar-refractivity contribution >= 4 is 17.3 Å². The van der Waals surface area contributed by atoms with Gasteiger partial charge in [-0.25, -0.2) is 0 Å².